The molecule has 4 aromatic rings. The molecule has 2 N–H and O–H groups in total. The molecule has 1 aliphatic carbocycles. The van der Waals surface area contributed by atoms with Crippen LogP contribution < -0.4 is 14.9 Å². The van der Waals surface area contributed by atoms with Gasteiger partial charge in [0.05, 0.1) is 9.82 Å². The normalized spacial score (nSPS) is 18.9. The number of nitro benzene ring substituents is 1. The smallest absolute Gasteiger partial charge is 0.410 e. The fourth-order valence-corrected chi connectivity index (χ4v) is 11.7. The quantitative estimate of drug-likeness (QED) is 0.0552. The number of piperazine rings is 2. The first-order valence-corrected chi connectivity index (χ1v) is 27.3. The Balaban J connectivity index is 0.948. The summed E-state index contributed by atoms with van der Waals surface area (Å²) in [6.45, 7) is 16.8. The second-order valence-corrected chi connectivity index (χ2v) is 23.8. The number of benzene rings is 4. The van der Waals surface area contributed by atoms with Crippen LogP contribution in [0.25, 0.3) is 5.57 Å². The number of hydrogen-bond donors (Lipinski definition) is 2. The van der Waals surface area contributed by atoms with Crippen LogP contribution >= 0.6 is 23.4 Å². The summed E-state index contributed by atoms with van der Waals surface area (Å²) < 4.78 is 34.8. The number of nitrogens with zero attached hydrogens (tertiary/aromatic N) is 6. The molecule has 4 aromatic carbocycles. The van der Waals surface area contributed by atoms with Gasteiger partial charge in [-0.15, -0.1) is 11.8 Å². The number of rotatable bonds is 18. The van der Waals surface area contributed by atoms with Crippen LogP contribution in [0.4, 0.5) is 21.9 Å². The summed E-state index contributed by atoms with van der Waals surface area (Å²) in [7, 11) is -0.542. The van der Waals surface area contributed by atoms with E-state index in [2.05, 4.69) is 43.8 Å². The lowest BCUT2D eigenvalue weighted by atomic mass is 9.71. The van der Waals surface area contributed by atoms with Gasteiger partial charge in [0, 0.05) is 104 Å². The summed E-state index contributed by atoms with van der Waals surface area (Å²) in [5.41, 5.74) is 4.49. The Morgan fingerprint density at radius 2 is 1.56 bits per heavy atom. The predicted molar refractivity (Wildman–Crippen MR) is 285 cm³/mol. The first-order valence-electron chi connectivity index (χ1n) is 24.4. The Morgan fingerprint density at radius 1 is 0.901 bits per heavy atom. The Morgan fingerprint density at radius 3 is 2.20 bits per heavy atom. The molecule has 7 rings (SSSR count). The Bertz CT molecular complexity index is 2620. The molecule has 71 heavy (non-hydrogen) atoms. The van der Waals surface area contributed by atoms with Gasteiger partial charge in [-0.3, -0.25) is 24.7 Å². The first kappa shape index (κ1) is 53.6. The van der Waals surface area contributed by atoms with Crippen molar-refractivity contribution in [3.8, 4) is 0 Å². The Kier molecular flexibility index (Phi) is 17.8. The largest absolute Gasteiger partial charge is 0.444 e. The van der Waals surface area contributed by atoms with Crippen LogP contribution in [0.15, 0.2) is 112 Å². The lowest BCUT2D eigenvalue weighted by molar-refractivity contribution is -0.384. The number of thioether (sulfide) groups is 1. The molecule has 0 bridgehead atoms. The second-order valence-electron chi connectivity index (χ2n) is 20.6. The van der Waals surface area contributed by atoms with Crippen molar-refractivity contribution in [1.29, 1.82) is 0 Å². The third-order valence-electron chi connectivity index (χ3n) is 13.3. The van der Waals surface area contributed by atoms with E-state index >= 15 is 0 Å². The topological polar surface area (TPSA) is 161 Å². The zero-order valence-electron chi connectivity index (χ0n) is 41.9. The summed E-state index contributed by atoms with van der Waals surface area (Å²) in [5, 5.41) is 16.3. The zero-order valence-corrected chi connectivity index (χ0v) is 44.3. The highest BCUT2D eigenvalue weighted by molar-refractivity contribution is 7.99. The van der Waals surface area contributed by atoms with E-state index in [1.807, 2.05) is 99.3 Å². The molecule has 2 fully saturated rings. The highest BCUT2D eigenvalue weighted by Gasteiger charge is 2.36. The molecule has 2 atom stereocenters. The SMILES string of the molecule is CN(C)CCC(CSc1ccccc1)Nc1ccc(S(=O)(=O)NC(=O)c2ccc(N3CCN(CC4=C(c5ccc(Cl)cc5)CCC(C)(CN5CCN(C(=O)OC(C)(C)C)CC5)C4)CC3)cc2)cc1[N+](=O)[O-]. The molecule has 3 aliphatic rings. The summed E-state index contributed by atoms with van der Waals surface area (Å²) in [4.78, 5) is 49.6. The standard InChI is InChI=1S/C53H69ClN8O7S2/c1-52(2,3)69-51(64)61-32-28-59(29-33-61)38-53(4)24-22-47(39-12-16-42(54)17-13-39)41(35-53)36-58-26-30-60(31-27-58)44-18-14-40(15-19-44)50(63)56-71(67,68)46-20-21-48(49(34-46)62(65)66)55-43(23-25-57(5)6)37-70-45-10-8-7-9-11-45/h7-21,34,43,55H,22-33,35-38H2,1-6H3,(H,56,63). The lowest BCUT2D eigenvalue weighted by Crippen LogP contribution is -2.52. The van der Waals surface area contributed by atoms with Gasteiger partial charge in [0.2, 0.25) is 0 Å². The van der Waals surface area contributed by atoms with Crippen LogP contribution in [-0.4, -0.2) is 148 Å². The fourth-order valence-electron chi connectivity index (χ4n) is 9.55. The molecule has 2 aliphatic heterocycles. The number of allylic oxidation sites excluding steroid dienone is 1. The number of halogens is 1. The van der Waals surface area contributed by atoms with Crippen molar-refractivity contribution >= 4 is 68.0 Å². The van der Waals surface area contributed by atoms with Gasteiger partial charge in [0.15, 0.2) is 0 Å². The number of sulfonamides is 1. The lowest BCUT2D eigenvalue weighted by Gasteiger charge is -2.44. The second kappa shape index (κ2) is 23.6. The molecule has 15 nitrogen and oxygen atoms in total. The highest BCUT2D eigenvalue weighted by atomic mass is 35.5. The van der Waals surface area contributed by atoms with Crippen molar-refractivity contribution in [2.75, 3.05) is 102 Å². The summed E-state index contributed by atoms with van der Waals surface area (Å²) in [6.07, 6.45) is 3.47. The zero-order chi connectivity index (χ0) is 50.9. The number of hydrogen-bond acceptors (Lipinski definition) is 13. The van der Waals surface area contributed by atoms with Gasteiger partial charge in [-0.1, -0.05) is 54.4 Å². The minimum absolute atomic E-state index is 0.0758. The van der Waals surface area contributed by atoms with Crippen LogP contribution in [0.2, 0.25) is 5.02 Å². The molecule has 382 valence electrons. The number of nitrogens with one attached hydrogen (secondary N) is 2. The fraction of sp³-hybridized carbons (Fsp3) is 0.472. The number of carbonyl (C=O) groups is 2. The summed E-state index contributed by atoms with van der Waals surface area (Å²) >= 11 is 7.95. The van der Waals surface area contributed by atoms with E-state index in [4.69, 9.17) is 16.3 Å². The maximum absolute atomic E-state index is 13.5. The third-order valence-corrected chi connectivity index (χ3v) is 16.1. The molecule has 2 heterocycles. The first-order chi connectivity index (χ1) is 33.7. The van der Waals surface area contributed by atoms with Gasteiger partial charge in [-0.05, 0) is 144 Å². The molecule has 2 amide bonds. The molecule has 0 aromatic heterocycles. The molecule has 2 unspecified atom stereocenters. The van der Waals surface area contributed by atoms with Gasteiger partial charge in [-0.2, -0.15) is 0 Å². The molecule has 2 saturated heterocycles. The van der Waals surface area contributed by atoms with E-state index in [1.54, 1.807) is 23.9 Å². The Labute approximate surface area is 429 Å². The summed E-state index contributed by atoms with van der Waals surface area (Å²) in [5.74, 6) is -0.202. The minimum Gasteiger partial charge on any atom is -0.444 e. The molecule has 0 radical (unpaired) electrons. The van der Waals surface area contributed by atoms with Gasteiger partial charge in [0.25, 0.3) is 21.6 Å². The van der Waals surface area contributed by atoms with Crippen LogP contribution in [0, 0.1) is 15.5 Å². The minimum atomic E-state index is -4.46. The Hall–Kier alpha value is -5.17. The van der Waals surface area contributed by atoms with E-state index in [-0.39, 0.29) is 33.7 Å². The van der Waals surface area contributed by atoms with Crippen molar-refractivity contribution < 1.29 is 27.7 Å². The van der Waals surface area contributed by atoms with E-state index in [0.717, 1.165) is 94.8 Å². The average Bonchev–Trinajstić information content (AvgIpc) is 3.33. The third kappa shape index (κ3) is 15.2. The van der Waals surface area contributed by atoms with Gasteiger partial charge in [0.1, 0.15) is 11.3 Å². The van der Waals surface area contributed by atoms with Gasteiger partial charge in [-0.25, -0.2) is 17.9 Å². The molecule has 18 heteroatoms. The number of amides is 2. The van der Waals surface area contributed by atoms with E-state index in [9.17, 15) is 28.1 Å². The average molecular weight is 1030 g/mol. The molecular formula is C53H69ClN8O7S2. The molecular weight excluding hydrogens is 960 g/mol. The van der Waals surface area contributed by atoms with Crippen LogP contribution in [0.5, 0.6) is 0 Å². The summed E-state index contributed by atoms with van der Waals surface area (Å²) in [6, 6.07) is 28.4. The van der Waals surface area contributed by atoms with Crippen molar-refractivity contribution in [2.24, 2.45) is 5.41 Å². The van der Waals surface area contributed by atoms with Crippen LogP contribution in [-0.2, 0) is 14.8 Å². The monoisotopic (exact) mass is 1030 g/mol. The number of anilines is 2. The molecule has 0 spiro atoms. The number of nitro groups is 1. The van der Waals surface area contributed by atoms with E-state index in [0.29, 0.717) is 30.3 Å². The maximum atomic E-state index is 13.5. The van der Waals surface area contributed by atoms with Crippen molar-refractivity contribution in [1.82, 2.24) is 24.3 Å². The predicted octanol–water partition coefficient (Wildman–Crippen LogP) is 9.21. The van der Waals surface area contributed by atoms with Crippen molar-refractivity contribution in [3.05, 3.63) is 129 Å². The van der Waals surface area contributed by atoms with E-state index < -0.39 is 32.1 Å². The van der Waals surface area contributed by atoms with Gasteiger partial charge < -0.3 is 24.8 Å². The molecule has 0 saturated carbocycles. The number of carbonyl (C=O) groups excluding carboxylic acids is 2. The van der Waals surface area contributed by atoms with Crippen molar-refractivity contribution in [3.63, 3.8) is 0 Å². The number of ether oxygens (including phenoxy) is 1. The highest BCUT2D eigenvalue weighted by Crippen LogP contribution is 2.44. The maximum Gasteiger partial charge on any atom is 0.410 e. The van der Waals surface area contributed by atoms with Crippen LogP contribution in [0.1, 0.15) is 69.3 Å². The van der Waals surface area contributed by atoms with Gasteiger partial charge >= 0.3 is 6.09 Å². The van der Waals surface area contributed by atoms with Crippen molar-refractivity contribution in [2.45, 2.75) is 74.8 Å². The van der Waals surface area contributed by atoms with E-state index in [1.165, 1.54) is 28.8 Å². The van der Waals surface area contributed by atoms with Crippen LogP contribution in [0.3, 0.4) is 0 Å².